The van der Waals surface area contributed by atoms with Crippen molar-refractivity contribution < 1.29 is 22.4 Å². The zero-order valence-electron chi connectivity index (χ0n) is 26.1. The summed E-state index contributed by atoms with van der Waals surface area (Å²) in [5.74, 6) is 0.405. The molecule has 4 rings (SSSR count). The number of benzene rings is 2. The molecule has 0 radical (unpaired) electrons. The monoisotopic (exact) mass is 675 g/mol. The van der Waals surface area contributed by atoms with Gasteiger partial charge in [-0.2, -0.15) is 18.2 Å². The van der Waals surface area contributed by atoms with Crippen molar-refractivity contribution in [2.75, 3.05) is 32.4 Å². The Hall–Kier alpha value is -3.68. The van der Waals surface area contributed by atoms with Crippen LogP contribution in [0.15, 0.2) is 87.9 Å². The molecule has 0 fully saturated rings. The predicted molar refractivity (Wildman–Crippen MR) is 176 cm³/mol. The van der Waals surface area contributed by atoms with Gasteiger partial charge < -0.3 is 14.4 Å². The Kier molecular flexibility index (Phi) is 14.3. The summed E-state index contributed by atoms with van der Waals surface area (Å²) in [5, 5.41) is 0.659. The number of hydrogen-bond donors (Lipinski definition) is 0. The molecule has 7 nitrogen and oxygen atoms in total. The average Bonchev–Trinajstić information content (AvgIpc) is 3.05. The van der Waals surface area contributed by atoms with E-state index in [0.29, 0.717) is 40.2 Å². The van der Waals surface area contributed by atoms with Crippen LogP contribution in [0.4, 0.5) is 17.6 Å². The molecule has 2 aromatic heterocycles. The first-order valence-electron chi connectivity index (χ1n) is 14.5. The minimum atomic E-state index is -4.35. The second kappa shape index (κ2) is 17.9. The molecule has 0 saturated carbocycles. The Morgan fingerprint density at radius 1 is 0.935 bits per heavy atom. The van der Waals surface area contributed by atoms with Crippen molar-refractivity contribution in [3.63, 3.8) is 0 Å². The minimum absolute atomic E-state index is 0.202. The van der Waals surface area contributed by atoms with Crippen LogP contribution < -0.4 is 5.56 Å². The fraction of sp³-hybridized carbons (Fsp3) is 0.333. The molecule has 4 aromatic rings. The fourth-order valence-corrected chi connectivity index (χ4v) is 5.62. The van der Waals surface area contributed by atoms with Gasteiger partial charge in [0.1, 0.15) is 5.82 Å². The number of amides is 1. The highest BCUT2D eigenvalue weighted by Crippen LogP contribution is 2.30. The lowest BCUT2D eigenvalue weighted by Gasteiger charge is -2.23. The van der Waals surface area contributed by atoms with Gasteiger partial charge in [-0.1, -0.05) is 55.9 Å². The zero-order valence-corrected chi connectivity index (χ0v) is 27.8. The molecule has 0 aliphatic rings. The van der Waals surface area contributed by atoms with Crippen molar-refractivity contribution in [1.29, 1.82) is 0 Å². The third kappa shape index (κ3) is 11.3. The number of aryl methyl sites for hydroxylation is 1. The number of aromatic nitrogens is 3. The molecule has 13 heteroatoms. The van der Waals surface area contributed by atoms with Crippen molar-refractivity contribution >= 4 is 29.9 Å². The van der Waals surface area contributed by atoms with Crippen LogP contribution >= 0.6 is 23.5 Å². The molecule has 0 aliphatic carbocycles. The molecule has 0 saturated heterocycles. The lowest BCUT2D eigenvalue weighted by Crippen LogP contribution is -2.34. The van der Waals surface area contributed by atoms with Crippen LogP contribution in [-0.4, -0.2) is 63.2 Å². The van der Waals surface area contributed by atoms with E-state index in [0.717, 1.165) is 49.3 Å². The van der Waals surface area contributed by atoms with Gasteiger partial charge in [-0.05, 0) is 60.8 Å². The van der Waals surface area contributed by atoms with Crippen LogP contribution in [0.1, 0.15) is 30.5 Å². The highest BCUT2D eigenvalue weighted by atomic mass is 32.2. The zero-order chi connectivity index (χ0) is 33.7. The van der Waals surface area contributed by atoms with Crippen LogP contribution in [0.2, 0.25) is 0 Å². The molecular formula is C33H37F4N5O2S2. The van der Waals surface area contributed by atoms with Crippen LogP contribution in [0.3, 0.4) is 0 Å². The molecule has 2 aromatic carbocycles. The van der Waals surface area contributed by atoms with Crippen molar-refractivity contribution in [2.45, 2.75) is 42.4 Å². The Morgan fingerprint density at radius 2 is 1.59 bits per heavy atom. The first-order chi connectivity index (χ1) is 22.0. The van der Waals surface area contributed by atoms with Crippen molar-refractivity contribution in [3.05, 3.63) is 106 Å². The molecule has 0 spiro atoms. The fourth-order valence-electron chi connectivity index (χ4n) is 4.24. The van der Waals surface area contributed by atoms with Gasteiger partial charge in [-0.15, -0.1) is 11.8 Å². The summed E-state index contributed by atoms with van der Waals surface area (Å²) >= 11 is 2.85. The number of nitrogens with zero attached hydrogens (tertiary/aromatic N) is 5. The van der Waals surface area contributed by atoms with Crippen molar-refractivity contribution in [1.82, 2.24) is 24.3 Å². The Bertz CT molecular complexity index is 1580. The number of likely N-dealkylation sites (N-methyl/N-ethyl adjacent to an activating group) is 1. The molecule has 0 aliphatic heterocycles. The van der Waals surface area contributed by atoms with Crippen LogP contribution in [0.5, 0.6) is 0 Å². The molecule has 0 N–H and O–H groups in total. The van der Waals surface area contributed by atoms with Gasteiger partial charge in [-0.3, -0.25) is 14.6 Å². The molecule has 246 valence electrons. The maximum atomic E-state index is 12.8. The van der Waals surface area contributed by atoms with Gasteiger partial charge in [-0.25, -0.2) is 4.39 Å². The van der Waals surface area contributed by atoms with E-state index in [1.807, 2.05) is 23.9 Å². The highest BCUT2D eigenvalue weighted by molar-refractivity contribution is 7.98. The Balaban J connectivity index is 0.000000266. The van der Waals surface area contributed by atoms with Crippen LogP contribution in [0, 0.1) is 5.82 Å². The van der Waals surface area contributed by atoms with Gasteiger partial charge in [0.15, 0.2) is 5.16 Å². The SMILES string of the molecule is CCN(CC)CCN(C=O)Cc1ccc(-c2ccc(C(F)(F)F)cc2)nc1.CSc1cn(C)c(SCc2ccc(F)cc2)nc1=O. The third-order valence-corrected chi connectivity index (χ3v) is 8.82. The maximum Gasteiger partial charge on any atom is 0.416 e. The molecule has 0 bridgehead atoms. The summed E-state index contributed by atoms with van der Waals surface area (Å²) in [6.07, 6.45) is 1.77. The van der Waals surface area contributed by atoms with Gasteiger partial charge >= 0.3 is 6.18 Å². The van der Waals surface area contributed by atoms with Gasteiger partial charge in [0, 0.05) is 50.4 Å². The largest absolute Gasteiger partial charge is 0.416 e. The summed E-state index contributed by atoms with van der Waals surface area (Å²) in [7, 11) is 1.86. The second-order valence-corrected chi connectivity index (χ2v) is 11.9. The lowest BCUT2D eigenvalue weighted by molar-refractivity contribution is -0.137. The molecule has 0 atom stereocenters. The van der Waals surface area contributed by atoms with Crippen LogP contribution in [0.25, 0.3) is 11.3 Å². The number of carbonyl (C=O) groups excluding carboxylic acids is 1. The molecular weight excluding hydrogens is 639 g/mol. The van der Waals surface area contributed by atoms with E-state index in [4.69, 9.17) is 0 Å². The maximum absolute atomic E-state index is 12.8. The van der Waals surface area contributed by atoms with E-state index in [-0.39, 0.29) is 11.4 Å². The number of thioether (sulfide) groups is 2. The van der Waals surface area contributed by atoms with E-state index < -0.39 is 11.7 Å². The molecule has 46 heavy (non-hydrogen) atoms. The highest BCUT2D eigenvalue weighted by Gasteiger charge is 2.30. The lowest BCUT2D eigenvalue weighted by atomic mass is 10.1. The van der Waals surface area contributed by atoms with Gasteiger partial charge in [0.25, 0.3) is 5.56 Å². The third-order valence-electron chi connectivity index (χ3n) is 6.99. The van der Waals surface area contributed by atoms with Crippen molar-refractivity contribution in [2.24, 2.45) is 7.05 Å². The summed E-state index contributed by atoms with van der Waals surface area (Å²) in [6.45, 7) is 7.93. The Morgan fingerprint density at radius 3 is 2.13 bits per heavy atom. The van der Waals surface area contributed by atoms with E-state index in [1.54, 1.807) is 35.5 Å². The molecule has 0 unspecified atom stereocenters. The number of halogens is 4. The van der Waals surface area contributed by atoms with E-state index in [9.17, 15) is 27.2 Å². The topological polar surface area (TPSA) is 71.3 Å². The number of pyridine rings is 1. The number of rotatable bonds is 13. The van der Waals surface area contributed by atoms with E-state index >= 15 is 0 Å². The Labute approximate surface area is 275 Å². The van der Waals surface area contributed by atoms with Crippen molar-refractivity contribution in [3.8, 4) is 11.3 Å². The quantitative estimate of drug-likeness (QED) is 0.0654. The van der Waals surface area contributed by atoms with E-state index in [2.05, 4.69) is 28.7 Å². The smallest absolute Gasteiger partial charge is 0.340 e. The minimum Gasteiger partial charge on any atom is -0.340 e. The number of alkyl halides is 3. The standard InChI is InChI=1S/C20H24F3N3O.C13H13FN2OS2/c1-3-25(4-2)11-12-26(15-27)14-16-5-10-19(24-13-16)17-6-8-18(9-7-17)20(21,22)23;1-16-7-11(18-2)12(17)15-13(16)19-8-9-3-5-10(14)6-4-9/h5-10,13,15H,3-4,11-12,14H2,1-2H3;3-7H,8H2,1-2H3. The second-order valence-electron chi connectivity index (χ2n) is 10.2. The molecule has 2 heterocycles. The van der Waals surface area contributed by atoms with Crippen LogP contribution in [-0.2, 0) is 30.3 Å². The summed E-state index contributed by atoms with van der Waals surface area (Å²) in [6, 6.07) is 14.8. The first-order valence-corrected chi connectivity index (χ1v) is 16.7. The van der Waals surface area contributed by atoms with E-state index in [1.165, 1.54) is 47.8 Å². The normalized spacial score (nSPS) is 11.2. The van der Waals surface area contributed by atoms with Gasteiger partial charge in [0.2, 0.25) is 6.41 Å². The van der Waals surface area contributed by atoms with Gasteiger partial charge in [0.05, 0.1) is 16.2 Å². The first kappa shape index (κ1) is 36.8. The average molecular weight is 676 g/mol. The summed E-state index contributed by atoms with van der Waals surface area (Å²) in [4.78, 5) is 35.9. The number of carbonyl (C=O) groups is 1. The molecule has 1 amide bonds. The summed E-state index contributed by atoms with van der Waals surface area (Å²) < 4.78 is 52.5. The predicted octanol–water partition coefficient (Wildman–Crippen LogP) is 7.00. The number of hydrogen-bond acceptors (Lipinski definition) is 7. The summed E-state index contributed by atoms with van der Waals surface area (Å²) in [5.41, 5.74) is 2.19.